The molecule has 8 nitrogen and oxygen atoms in total. The maximum absolute atomic E-state index is 12.0. The molecule has 1 aliphatic heterocycles. The van der Waals surface area contributed by atoms with Gasteiger partial charge in [-0.2, -0.15) is 0 Å². The predicted molar refractivity (Wildman–Crippen MR) is 74.1 cm³/mol. The van der Waals surface area contributed by atoms with Crippen molar-refractivity contribution in [3.63, 3.8) is 0 Å². The average Bonchev–Trinajstić information content (AvgIpc) is 2.84. The number of primary sulfonamides is 1. The van der Waals surface area contributed by atoms with Crippen LogP contribution < -0.4 is 20.5 Å². The summed E-state index contributed by atoms with van der Waals surface area (Å²) in [5.41, 5.74) is 0.188. The Kier molecular flexibility index (Phi) is 4.14. The Bertz CT molecular complexity index is 686. The molecule has 0 aliphatic carbocycles. The van der Waals surface area contributed by atoms with Gasteiger partial charge in [0.25, 0.3) is 0 Å². The van der Waals surface area contributed by atoms with Crippen LogP contribution in [0.1, 0.15) is 6.42 Å². The molecule has 1 heterocycles. The second-order valence-corrected chi connectivity index (χ2v) is 6.16. The van der Waals surface area contributed by atoms with Crippen LogP contribution in [0.2, 0.25) is 0 Å². The summed E-state index contributed by atoms with van der Waals surface area (Å²) < 4.78 is 27.7. The number of hydrogen-bond donors (Lipinski definition) is 3. The van der Waals surface area contributed by atoms with E-state index in [1.165, 1.54) is 25.3 Å². The fraction of sp³-hybridized carbons (Fsp3) is 0.333. The summed E-state index contributed by atoms with van der Waals surface area (Å²) in [5, 5.41) is 10.2. The lowest BCUT2D eigenvalue weighted by Gasteiger charge is -2.13. The molecule has 2 rings (SSSR count). The van der Waals surface area contributed by atoms with Gasteiger partial charge in [-0.25, -0.2) is 13.6 Å². The van der Waals surface area contributed by atoms with E-state index in [2.05, 4.69) is 10.6 Å². The van der Waals surface area contributed by atoms with Crippen molar-refractivity contribution in [2.75, 3.05) is 19.0 Å². The zero-order chi connectivity index (χ0) is 15.6. The topological polar surface area (TPSA) is 128 Å². The molecule has 9 heteroatoms. The van der Waals surface area contributed by atoms with Gasteiger partial charge in [0, 0.05) is 13.0 Å². The van der Waals surface area contributed by atoms with Gasteiger partial charge >= 0.3 is 0 Å². The van der Waals surface area contributed by atoms with E-state index in [0.717, 1.165) is 0 Å². The number of nitrogens with two attached hydrogens (primary N) is 1. The number of nitrogens with one attached hydrogen (secondary N) is 2. The van der Waals surface area contributed by atoms with Crippen LogP contribution in [0.25, 0.3) is 0 Å². The molecule has 0 radical (unpaired) electrons. The third-order valence-electron chi connectivity index (χ3n) is 3.11. The highest BCUT2D eigenvalue weighted by Crippen LogP contribution is 2.28. The van der Waals surface area contributed by atoms with Crippen LogP contribution in [0.3, 0.4) is 0 Å². The van der Waals surface area contributed by atoms with Crippen LogP contribution in [-0.4, -0.2) is 33.9 Å². The van der Waals surface area contributed by atoms with E-state index in [-0.39, 0.29) is 29.5 Å². The summed E-state index contributed by atoms with van der Waals surface area (Å²) in [7, 11) is -2.50. The van der Waals surface area contributed by atoms with E-state index in [1.54, 1.807) is 0 Å². The molecule has 0 bridgehead atoms. The van der Waals surface area contributed by atoms with E-state index in [4.69, 9.17) is 9.88 Å². The Labute approximate surface area is 121 Å². The van der Waals surface area contributed by atoms with E-state index in [9.17, 15) is 18.0 Å². The van der Waals surface area contributed by atoms with Crippen LogP contribution >= 0.6 is 0 Å². The minimum Gasteiger partial charge on any atom is -0.495 e. The van der Waals surface area contributed by atoms with Crippen molar-refractivity contribution in [3.05, 3.63) is 18.2 Å². The third kappa shape index (κ3) is 3.50. The minimum atomic E-state index is -3.89. The van der Waals surface area contributed by atoms with Crippen molar-refractivity contribution < 1.29 is 22.7 Å². The summed E-state index contributed by atoms with van der Waals surface area (Å²) in [5.74, 6) is -0.785. The number of carbonyl (C=O) groups excluding carboxylic acids is 2. The highest BCUT2D eigenvalue weighted by molar-refractivity contribution is 7.89. The first kappa shape index (κ1) is 15.3. The number of benzene rings is 1. The second-order valence-electron chi connectivity index (χ2n) is 4.60. The quantitative estimate of drug-likeness (QED) is 0.685. The van der Waals surface area contributed by atoms with Crippen LogP contribution in [0, 0.1) is 5.92 Å². The average molecular weight is 313 g/mol. The van der Waals surface area contributed by atoms with Gasteiger partial charge in [0.05, 0.1) is 23.6 Å². The highest BCUT2D eigenvalue weighted by Gasteiger charge is 2.28. The largest absolute Gasteiger partial charge is 0.495 e. The Balaban J connectivity index is 2.25. The molecule has 4 N–H and O–H groups in total. The maximum atomic E-state index is 12.0. The number of rotatable bonds is 4. The molecular formula is C12H15N3O5S. The van der Waals surface area contributed by atoms with Gasteiger partial charge in [-0.05, 0) is 18.2 Å². The van der Waals surface area contributed by atoms with Gasteiger partial charge in [-0.15, -0.1) is 0 Å². The molecule has 1 aromatic carbocycles. The van der Waals surface area contributed by atoms with Crippen molar-refractivity contribution in [2.24, 2.45) is 11.1 Å². The summed E-state index contributed by atoms with van der Waals surface area (Å²) >= 11 is 0. The van der Waals surface area contributed by atoms with Gasteiger partial charge in [0.15, 0.2) is 0 Å². The van der Waals surface area contributed by atoms with Gasteiger partial charge < -0.3 is 15.4 Å². The third-order valence-corrected chi connectivity index (χ3v) is 4.02. The lowest BCUT2D eigenvalue weighted by molar-refractivity contribution is -0.123. The van der Waals surface area contributed by atoms with Gasteiger partial charge in [0.2, 0.25) is 21.8 Å². The van der Waals surface area contributed by atoms with Crippen LogP contribution in [0.5, 0.6) is 5.75 Å². The molecule has 0 saturated carbocycles. The fourth-order valence-corrected chi connectivity index (χ4v) is 2.53. The number of sulfonamides is 1. The fourth-order valence-electron chi connectivity index (χ4n) is 1.99. The van der Waals surface area contributed by atoms with Gasteiger partial charge in [-0.3, -0.25) is 9.59 Å². The van der Waals surface area contributed by atoms with Crippen molar-refractivity contribution in [3.8, 4) is 5.75 Å². The SMILES string of the molecule is COc1ccc(S(N)(=O)=O)cc1NC(=O)C1CNC(=O)C1. The summed E-state index contributed by atoms with van der Waals surface area (Å²) in [6, 6.07) is 3.90. The molecule has 1 aromatic rings. The molecular weight excluding hydrogens is 298 g/mol. The summed E-state index contributed by atoms with van der Waals surface area (Å²) in [6.07, 6.45) is 0.100. The molecule has 1 aliphatic rings. The Morgan fingerprint density at radius 2 is 2.19 bits per heavy atom. The molecule has 2 amide bonds. The predicted octanol–water partition coefficient (Wildman–Crippen LogP) is -0.583. The summed E-state index contributed by atoms with van der Waals surface area (Å²) in [4.78, 5) is 23.0. The molecule has 1 atom stereocenters. The van der Waals surface area contributed by atoms with Crippen molar-refractivity contribution >= 4 is 27.5 Å². The maximum Gasteiger partial charge on any atom is 0.238 e. The number of anilines is 1. The van der Waals surface area contributed by atoms with Gasteiger partial charge in [-0.1, -0.05) is 0 Å². The molecule has 1 fully saturated rings. The Morgan fingerprint density at radius 1 is 1.48 bits per heavy atom. The van der Waals surface area contributed by atoms with Crippen molar-refractivity contribution in [1.29, 1.82) is 0 Å². The molecule has 21 heavy (non-hydrogen) atoms. The smallest absolute Gasteiger partial charge is 0.238 e. The number of carbonyl (C=O) groups is 2. The normalized spacial score (nSPS) is 18.2. The van der Waals surface area contributed by atoms with Crippen LogP contribution in [0.15, 0.2) is 23.1 Å². The number of ether oxygens (including phenoxy) is 1. The van der Waals surface area contributed by atoms with Crippen LogP contribution in [0.4, 0.5) is 5.69 Å². The number of amides is 2. The van der Waals surface area contributed by atoms with E-state index in [1.807, 2.05) is 0 Å². The van der Waals surface area contributed by atoms with E-state index in [0.29, 0.717) is 5.75 Å². The molecule has 1 unspecified atom stereocenters. The Morgan fingerprint density at radius 3 is 2.71 bits per heavy atom. The minimum absolute atomic E-state index is 0.100. The van der Waals surface area contributed by atoms with Crippen molar-refractivity contribution in [2.45, 2.75) is 11.3 Å². The molecule has 0 aromatic heterocycles. The number of hydrogen-bond acceptors (Lipinski definition) is 5. The highest BCUT2D eigenvalue weighted by atomic mass is 32.2. The standard InChI is InChI=1S/C12H15N3O5S/c1-20-10-3-2-8(21(13,18)19)5-9(10)15-12(17)7-4-11(16)14-6-7/h2-3,5,7H,4,6H2,1H3,(H,14,16)(H,15,17)(H2,13,18,19). The first-order valence-electron chi connectivity index (χ1n) is 6.09. The zero-order valence-electron chi connectivity index (χ0n) is 11.3. The van der Waals surface area contributed by atoms with Crippen LogP contribution in [-0.2, 0) is 19.6 Å². The second kappa shape index (κ2) is 5.70. The van der Waals surface area contributed by atoms with Crippen molar-refractivity contribution in [1.82, 2.24) is 5.32 Å². The lowest BCUT2D eigenvalue weighted by atomic mass is 10.1. The van der Waals surface area contributed by atoms with Gasteiger partial charge in [0.1, 0.15) is 5.75 Å². The molecule has 1 saturated heterocycles. The summed E-state index contributed by atoms with van der Waals surface area (Å²) in [6.45, 7) is 0.252. The molecule has 114 valence electrons. The first-order valence-corrected chi connectivity index (χ1v) is 7.64. The Hall–Kier alpha value is -2.13. The monoisotopic (exact) mass is 313 g/mol. The first-order chi connectivity index (χ1) is 9.81. The van der Waals surface area contributed by atoms with E-state index < -0.39 is 21.8 Å². The number of methoxy groups -OCH3 is 1. The lowest BCUT2D eigenvalue weighted by Crippen LogP contribution is -2.25. The van der Waals surface area contributed by atoms with E-state index >= 15 is 0 Å². The zero-order valence-corrected chi connectivity index (χ0v) is 12.1. The molecule has 0 spiro atoms.